The zero-order chi connectivity index (χ0) is 20.3. The predicted molar refractivity (Wildman–Crippen MR) is 108 cm³/mol. The summed E-state index contributed by atoms with van der Waals surface area (Å²) in [5, 5.41) is 3.17. The third kappa shape index (κ3) is 4.26. The number of aromatic nitrogens is 1. The second-order valence-electron chi connectivity index (χ2n) is 5.55. The number of halogens is 1. The summed E-state index contributed by atoms with van der Waals surface area (Å²) in [6.07, 6.45) is 0. The van der Waals surface area contributed by atoms with Crippen LogP contribution in [-0.4, -0.2) is 37.7 Å². The van der Waals surface area contributed by atoms with Crippen molar-refractivity contribution >= 4 is 55.8 Å². The first-order valence-electron chi connectivity index (χ1n) is 7.96. The molecular weight excluding hydrogens is 406 g/mol. The normalized spacial score (nSPS) is 10.5. The maximum atomic E-state index is 12.2. The van der Waals surface area contributed by atoms with E-state index in [4.69, 9.17) is 31.5 Å². The minimum atomic E-state index is -0.761. The van der Waals surface area contributed by atoms with Crippen molar-refractivity contribution in [3.05, 3.63) is 40.9 Å². The molecule has 3 N–H and O–H groups in total. The van der Waals surface area contributed by atoms with Gasteiger partial charge in [-0.2, -0.15) is 0 Å². The van der Waals surface area contributed by atoms with Crippen LogP contribution >= 0.6 is 22.9 Å². The van der Waals surface area contributed by atoms with Crippen molar-refractivity contribution in [1.82, 2.24) is 4.98 Å². The molecule has 2 aromatic carbocycles. The molecule has 10 heteroatoms. The largest absolute Gasteiger partial charge is 0.497 e. The number of anilines is 2. The Morgan fingerprint density at radius 1 is 1.21 bits per heavy atom. The van der Waals surface area contributed by atoms with Crippen molar-refractivity contribution in [2.45, 2.75) is 0 Å². The summed E-state index contributed by atoms with van der Waals surface area (Å²) < 4.78 is 16.2. The third-order valence-corrected chi connectivity index (χ3v) is 4.98. The summed E-state index contributed by atoms with van der Waals surface area (Å²) in [7, 11) is 2.96. The van der Waals surface area contributed by atoms with E-state index in [1.807, 2.05) is 6.07 Å². The highest BCUT2D eigenvalue weighted by Gasteiger charge is 2.18. The van der Waals surface area contributed by atoms with Crippen molar-refractivity contribution in [2.24, 2.45) is 0 Å². The first-order chi connectivity index (χ1) is 13.4. The van der Waals surface area contributed by atoms with Gasteiger partial charge in [-0.1, -0.05) is 22.9 Å². The van der Waals surface area contributed by atoms with Crippen molar-refractivity contribution in [1.29, 1.82) is 0 Å². The Labute approximate surface area is 169 Å². The number of nitrogens with two attached hydrogens (primary N) is 1. The van der Waals surface area contributed by atoms with Crippen molar-refractivity contribution in [2.75, 3.05) is 31.9 Å². The highest BCUT2D eigenvalue weighted by molar-refractivity contribution is 7.22. The van der Waals surface area contributed by atoms with Crippen molar-refractivity contribution in [3.8, 4) is 11.5 Å². The van der Waals surface area contributed by atoms with E-state index < -0.39 is 18.5 Å². The third-order valence-electron chi connectivity index (χ3n) is 3.72. The molecule has 0 aliphatic rings. The summed E-state index contributed by atoms with van der Waals surface area (Å²) in [6, 6.07) is 8.13. The second-order valence-corrected chi connectivity index (χ2v) is 6.99. The van der Waals surface area contributed by atoms with Crippen LogP contribution < -0.4 is 20.5 Å². The van der Waals surface area contributed by atoms with Gasteiger partial charge < -0.3 is 19.9 Å². The molecule has 8 nitrogen and oxygen atoms in total. The fourth-order valence-corrected chi connectivity index (χ4v) is 3.42. The van der Waals surface area contributed by atoms with Gasteiger partial charge in [-0.05, 0) is 24.3 Å². The number of esters is 1. The van der Waals surface area contributed by atoms with Gasteiger partial charge in [0.2, 0.25) is 0 Å². The fourth-order valence-electron chi connectivity index (χ4n) is 2.35. The Bertz CT molecular complexity index is 1050. The van der Waals surface area contributed by atoms with Crippen molar-refractivity contribution in [3.63, 3.8) is 0 Å². The standard InChI is InChI=1S/C18H16ClN3O5S/c1-25-9-3-4-13-15(5-9)28-18(21-13)22-16(23)8-27-17(24)10-6-11(19)12(20)7-14(10)26-2/h3-7H,8,20H2,1-2H3,(H,21,22,23). The average molecular weight is 422 g/mol. The van der Waals surface area contributed by atoms with Gasteiger partial charge in [-0.15, -0.1) is 0 Å². The average Bonchev–Trinajstić information content (AvgIpc) is 3.08. The number of thiazole rings is 1. The van der Waals surface area contributed by atoms with E-state index in [1.165, 1.54) is 30.6 Å². The van der Waals surface area contributed by atoms with Crippen LogP contribution in [0.4, 0.5) is 10.8 Å². The number of fused-ring (bicyclic) bond motifs is 1. The van der Waals surface area contributed by atoms with Gasteiger partial charge in [0.15, 0.2) is 11.7 Å². The molecule has 0 spiro atoms. The number of benzene rings is 2. The van der Waals surface area contributed by atoms with Gasteiger partial charge in [-0.25, -0.2) is 9.78 Å². The number of methoxy groups -OCH3 is 2. The lowest BCUT2D eigenvalue weighted by molar-refractivity contribution is -0.119. The summed E-state index contributed by atoms with van der Waals surface area (Å²) in [5.41, 5.74) is 6.74. The van der Waals surface area contributed by atoms with E-state index in [0.717, 1.165) is 10.2 Å². The highest BCUT2D eigenvalue weighted by Crippen LogP contribution is 2.30. The number of carbonyl (C=O) groups is 2. The van der Waals surface area contributed by atoms with Crippen LogP contribution in [0, 0.1) is 0 Å². The predicted octanol–water partition coefficient (Wildman–Crippen LogP) is 3.34. The van der Waals surface area contributed by atoms with Crippen LogP contribution in [0.15, 0.2) is 30.3 Å². The number of nitrogens with zero attached hydrogens (tertiary/aromatic N) is 1. The van der Waals surface area contributed by atoms with E-state index >= 15 is 0 Å². The molecule has 0 aliphatic heterocycles. The van der Waals surface area contributed by atoms with Gasteiger partial charge >= 0.3 is 5.97 Å². The number of rotatable bonds is 6. The molecule has 28 heavy (non-hydrogen) atoms. The molecule has 0 unspecified atom stereocenters. The van der Waals surface area contributed by atoms with Crippen LogP contribution in [-0.2, 0) is 9.53 Å². The highest BCUT2D eigenvalue weighted by atomic mass is 35.5. The summed E-state index contributed by atoms with van der Waals surface area (Å²) >= 11 is 7.21. The number of nitrogens with one attached hydrogen (secondary N) is 1. The molecule has 1 aromatic heterocycles. The lowest BCUT2D eigenvalue weighted by atomic mass is 10.2. The van der Waals surface area contributed by atoms with Gasteiger partial charge in [0, 0.05) is 6.07 Å². The van der Waals surface area contributed by atoms with E-state index in [9.17, 15) is 9.59 Å². The van der Waals surface area contributed by atoms with Gasteiger partial charge in [0.1, 0.15) is 17.1 Å². The minimum absolute atomic E-state index is 0.0709. The topological polar surface area (TPSA) is 113 Å². The molecule has 146 valence electrons. The molecule has 0 aliphatic carbocycles. The summed E-state index contributed by atoms with van der Waals surface area (Å²) in [4.78, 5) is 28.6. The van der Waals surface area contributed by atoms with Crippen LogP contribution in [0.2, 0.25) is 5.02 Å². The Morgan fingerprint density at radius 2 is 2.00 bits per heavy atom. The lowest BCUT2D eigenvalue weighted by Crippen LogP contribution is -2.21. The zero-order valence-electron chi connectivity index (χ0n) is 14.9. The number of amides is 1. The second kappa shape index (κ2) is 8.32. The van der Waals surface area contributed by atoms with Gasteiger partial charge in [-0.3, -0.25) is 10.1 Å². The van der Waals surface area contributed by atoms with E-state index in [1.54, 1.807) is 19.2 Å². The zero-order valence-corrected chi connectivity index (χ0v) is 16.5. The summed E-state index contributed by atoms with van der Waals surface area (Å²) in [5.74, 6) is -0.394. The van der Waals surface area contributed by atoms with Crippen LogP contribution in [0.5, 0.6) is 11.5 Å². The first kappa shape index (κ1) is 19.7. The number of ether oxygens (including phenoxy) is 3. The monoisotopic (exact) mass is 421 g/mol. The van der Waals surface area contributed by atoms with Gasteiger partial charge in [0.25, 0.3) is 5.91 Å². The molecule has 1 heterocycles. The number of carbonyl (C=O) groups excluding carboxylic acids is 2. The van der Waals surface area contributed by atoms with Crippen LogP contribution in [0.3, 0.4) is 0 Å². The molecule has 0 bridgehead atoms. The molecule has 0 atom stereocenters. The Balaban J connectivity index is 1.64. The number of hydrogen-bond donors (Lipinski definition) is 2. The molecule has 0 saturated carbocycles. The lowest BCUT2D eigenvalue weighted by Gasteiger charge is -2.10. The van der Waals surface area contributed by atoms with E-state index in [2.05, 4.69) is 10.3 Å². The number of nitrogen functional groups attached to an aromatic ring is 1. The molecule has 0 fully saturated rings. The molecule has 0 radical (unpaired) electrons. The molecule has 3 rings (SSSR count). The molecule has 3 aromatic rings. The van der Waals surface area contributed by atoms with E-state index in [0.29, 0.717) is 10.9 Å². The Kier molecular flexibility index (Phi) is 5.86. The van der Waals surface area contributed by atoms with Crippen molar-refractivity contribution < 1.29 is 23.8 Å². The SMILES string of the molecule is COc1ccc2nc(NC(=O)COC(=O)c3cc(Cl)c(N)cc3OC)sc2c1. The Morgan fingerprint density at radius 3 is 2.71 bits per heavy atom. The smallest absolute Gasteiger partial charge is 0.342 e. The molecule has 0 saturated heterocycles. The van der Waals surface area contributed by atoms with Gasteiger partial charge in [0.05, 0.1) is 35.1 Å². The quantitative estimate of drug-likeness (QED) is 0.463. The van der Waals surface area contributed by atoms with Crippen LogP contribution in [0.1, 0.15) is 10.4 Å². The first-order valence-corrected chi connectivity index (χ1v) is 9.15. The van der Waals surface area contributed by atoms with E-state index in [-0.39, 0.29) is 22.0 Å². The molecular formula is C18H16ClN3O5S. The van der Waals surface area contributed by atoms with Crippen LogP contribution in [0.25, 0.3) is 10.2 Å². The number of hydrogen-bond acceptors (Lipinski definition) is 8. The minimum Gasteiger partial charge on any atom is -0.497 e. The maximum absolute atomic E-state index is 12.2. The molecule has 1 amide bonds. The fraction of sp³-hybridized carbons (Fsp3) is 0.167. The Hall–Kier alpha value is -3.04. The summed E-state index contributed by atoms with van der Waals surface area (Å²) in [6.45, 7) is -0.497. The maximum Gasteiger partial charge on any atom is 0.342 e.